The summed E-state index contributed by atoms with van der Waals surface area (Å²) < 4.78 is 41.3. The van der Waals surface area contributed by atoms with Gasteiger partial charge >= 0.3 is 12.1 Å². The average molecular weight is 269 g/mol. The summed E-state index contributed by atoms with van der Waals surface area (Å²) in [5, 5.41) is 0. The first-order valence-electron chi connectivity index (χ1n) is 5.63. The molecule has 0 spiro atoms. The van der Waals surface area contributed by atoms with E-state index in [9.17, 15) is 22.8 Å². The molecule has 0 aromatic heterocycles. The number of ether oxygens (including phenoxy) is 1. The molecule has 0 bridgehead atoms. The van der Waals surface area contributed by atoms with Crippen molar-refractivity contribution in [1.29, 1.82) is 0 Å². The summed E-state index contributed by atoms with van der Waals surface area (Å²) >= 11 is 0. The highest BCUT2D eigenvalue weighted by atomic mass is 19.4. The van der Waals surface area contributed by atoms with Crippen molar-refractivity contribution in [3.8, 4) is 0 Å². The van der Waals surface area contributed by atoms with Crippen LogP contribution in [-0.4, -0.2) is 48.6 Å². The summed E-state index contributed by atoms with van der Waals surface area (Å²) in [6, 6.07) is -0.433. The van der Waals surface area contributed by atoms with Gasteiger partial charge in [-0.25, -0.2) is 0 Å². The van der Waals surface area contributed by atoms with Crippen LogP contribution in [0.1, 0.15) is 27.2 Å². The number of esters is 1. The van der Waals surface area contributed by atoms with E-state index in [2.05, 4.69) is 4.74 Å². The molecule has 0 saturated carbocycles. The van der Waals surface area contributed by atoms with Gasteiger partial charge in [-0.05, 0) is 20.8 Å². The summed E-state index contributed by atoms with van der Waals surface area (Å²) in [4.78, 5) is 23.4. The number of carbonyl (C=O) groups excluding carboxylic acids is 2. The lowest BCUT2D eigenvalue weighted by Crippen LogP contribution is -2.42. The highest BCUT2D eigenvalue weighted by Gasteiger charge is 2.32. The number of alkyl halides is 3. The summed E-state index contributed by atoms with van der Waals surface area (Å²) in [6.07, 6.45) is -4.86. The van der Waals surface area contributed by atoms with Gasteiger partial charge in [-0.2, -0.15) is 13.2 Å². The third-order valence-electron chi connectivity index (χ3n) is 2.14. The van der Waals surface area contributed by atoms with Crippen LogP contribution in [0, 0.1) is 0 Å². The molecular formula is C11H18F3NO3. The molecule has 0 aliphatic heterocycles. The van der Waals surface area contributed by atoms with Gasteiger partial charge in [0, 0.05) is 6.04 Å². The summed E-state index contributed by atoms with van der Waals surface area (Å²) in [6.45, 7) is 3.27. The van der Waals surface area contributed by atoms with Crippen molar-refractivity contribution in [1.82, 2.24) is 4.90 Å². The molecule has 7 heteroatoms. The van der Waals surface area contributed by atoms with Crippen LogP contribution in [0.2, 0.25) is 0 Å². The Kier molecular flexibility index (Phi) is 6.90. The highest BCUT2D eigenvalue weighted by molar-refractivity contribution is 5.96. The molecule has 4 nitrogen and oxygen atoms in total. The van der Waals surface area contributed by atoms with Crippen molar-refractivity contribution in [2.24, 2.45) is 0 Å². The molecule has 0 rings (SSSR count). The Labute approximate surface area is 104 Å². The van der Waals surface area contributed by atoms with Crippen LogP contribution in [0.4, 0.5) is 13.2 Å². The minimum Gasteiger partial charge on any atom is -0.466 e. The van der Waals surface area contributed by atoms with E-state index in [0.717, 1.165) is 4.90 Å². The molecule has 0 radical (unpaired) electrons. The van der Waals surface area contributed by atoms with E-state index < -0.39 is 43.5 Å². The van der Waals surface area contributed by atoms with E-state index in [4.69, 9.17) is 0 Å². The third-order valence-corrected chi connectivity index (χ3v) is 2.14. The highest BCUT2D eigenvalue weighted by Crippen LogP contribution is 2.17. The number of nitrogens with zero attached hydrogens (tertiary/aromatic N) is 1. The second-order valence-electron chi connectivity index (χ2n) is 4.13. The minimum absolute atomic E-state index is 0.141. The van der Waals surface area contributed by atoms with E-state index in [0.29, 0.717) is 0 Å². The Hall–Kier alpha value is -1.11. The Morgan fingerprint density at radius 2 is 1.83 bits per heavy atom. The Morgan fingerprint density at radius 1 is 1.28 bits per heavy atom. The summed E-state index contributed by atoms with van der Waals surface area (Å²) in [5.41, 5.74) is 0. The zero-order chi connectivity index (χ0) is 14.3. The van der Waals surface area contributed by atoms with Crippen LogP contribution >= 0.6 is 0 Å². The molecule has 106 valence electrons. The molecule has 18 heavy (non-hydrogen) atoms. The summed E-state index contributed by atoms with van der Waals surface area (Å²) in [7, 11) is 0. The molecule has 0 heterocycles. The first-order valence-corrected chi connectivity index (χ1v) is 5.63. The first kappa shape index (κ1) is 16.9. The molecule has 0 amide bonds. The van der Waals surface area contributed by atoms with Gasteiger partial charge in [0.25, 0.3) is 0 Å². The Bertz CT molecular complexity index is 290. The average Bonchev–Trinajstić information content (AvgIpc) is 2.14. The third kappa shape index (κ3) is 8.05. The number of ketones is 1. The molecule has 0 fully saturated rings. The molecule has 0 aliphatic rings. The zero-order valence-corrected chi connectivity index (χ0v) is 10.7. The van der Waals surface area contributed by atoms with Crippen molar-refractivity contribution < 1.29 is 27.5 Å². The van der Waals surface area contributed by atoms with Gasteiger partial charge in [-0.1, -0.05) is 0 Å². The second-order valence-corrected chi connectivity index (χ2v) is 4.13. The van der Waals surface area contributed by atoms with E-state index in [1.807, 2.05) is 0 Å². The van der Waals surface area contributed by atoms with Gasteiger partial charge in [0.05, 0.1) is 19.7 Å². The second kappa shape index (κ2) is 7.35. The predicted molar refractivity (Wildman–Crippen MR) is 59.0 cm³/mol. The van der Waals surface area contributed by atoms with E-state index in [1.54, 1.807) is 20.8 Å². The fourth-order valence-electron chi connectivity index (χ4n) is 1.31. The van der Waals surface area contributed by atoms with Gasteiger partial charge < -0.3 is 4.74 Å². The number of rotatable bonds is 7. The Morgan fingerprint density at radius 3 is 2.22 bits per heavy atom. The molecule has 0 aromatic rings. The van der Waals surface area contributed by atoms with Crippen molar-refractivity contribution in [3.05, 3.63) is 0 Å². The maximum atomic E-state index is 12.3. The number of carbonyl (C=O) groups is 2. The molecule has 0 aliphatic carbocycles. The van der Waals surface area contributed by atoms with Crippen LogP contribution in [-0.2, 0) is 14.3 Å². The van der Waals surface area contributed by atoms with E-state index in [1.165, 1.54) is 0 Å². The van der Waals surface area contributed by atoms with Crippen molar-refractivity contribution in [2.45, 2.75) is 39.4 Å². The standard InChI is InChI=1S/C11H18F3NO3/c1-4-18-10(17)5-9(16)6-15(8(2)3)7-11(12,13)14/h8H,4-7H2,1-3H3. The largest absolute Gasteiger partial charge is 0.466 e. The van der Waals surface area contributed by atoms with Gasteiger partial charge in [-0.15, -0.1) is 0 Å². The van der Waals surface area contributed by atoms with E-state index in [-0.39, 0.29) is 6.61 Å². The van der Waals surface area contributed by atoms with Gasteiger partial charge in [-0.3, -0.25) is 14.5 Å². The van der Waals surface area contributed by atoms with Crippen LogP contribution in [0.15, 0.2) is 0 Å². The predicted octanol–water partition coefficient (Wildman–Crippen LogP) is 1.78. The lowest BCUT2D eigenvalue weighted by Gasteiger charge is -2.26. The molecule has 0 unspecified atom stereocenters. The van der Waals surface area contributed by atoms with Gasteiger partial charge in [0.2, 0.25) is 0 Å². The quantitative estimate of drug-likeness (QED) is 0.522. The van der Waals surface area contributed by atoms with Crippen molar-refractivity contribution in [2.75, 3.05) is 19.7 Å². The van der Waals surface area contributed by atoms with Crippen LogP contribution in [0.25, 0.3) is 0 Å². The lowest BCUT2D eigenvalue weighted by atomic mass is 10.2. The number of halogens is 3. The van der Waals surface area contributed by atoms with Gasteiger partial charge in [0.15, 0.2) is 5.78 Å². The van der Waals surface area contributed by atoms with E-state index >= 15 is 0 Å². The number of hydrogen-bond donors (Lipinski definition) is 0. The Balaban J connectivity index is 4.33. The first-order chi connectivity index (χ1) is 8.15. The fraction of sp³-hybridized carbons (Fsp3) is 0.818. The van der Waals surface area contributed by atoms with Crippen molar-refractivity contribution in [3.63, 3.8) is 0 Å². The molecule has 0 atom stereocenters. The maximum absolute atomic E-state index is 12.3. The lowest BCUT2D eigenvalue weighted by molar-refractivity contribution is -0.153. The monoisotopic (exact) mass is 269 g/mol. The smallest absolute Gasteiger partial charge is 0.401 e. The number of hydrogen-bond acceptors (Lipinski definition) is 4. The van der Waals surface area contributed by atoms with Crippen LogP contribution in [0.3, 0.4) is 0 Å². The fourth-order valence-corrected chi connectivity index (χ4v) is 1.31. The molecule has 0 N–H and O–H groups in total. The molecule has 0 aromatic carbocycles. The van der Waals surface area contributed by atoms with Crippen LogP contribution < -0.4 is 0 Å². The summed E-state index contributed by atoms with van der Waals surface area (Å²) in [5.74, 6) is -1.29. The maximum Gasteiger partial charge on any atom is 0.401 e. The van der Waals surface area contributed by atoms with Crippen molar-refractivity contribution >= 4 is 11.8 Å². The molecule has 0 saturated heterocycles. The number of Topliss-reactive ketones (excluding diaryl/α,β-unsaturated/α-hetero) is 1. The minimum atomic E-state index is -4.37. The topological polar surface area (TPSA) is 46.6 Å². The zero-order valence-electron chi connectivity index (χ0n) is 10.7. The van der Waals surface area contributed by atoms with Crippen LogP contribution in [0.5, 0.6) is 0 Å². The normalized spacial score (nSPS) is 12.0. The SMILES string of the molecule is CCOC(=O)CC(=O)CN(CC(F)(F)F)C(C)C. The van der Waals surface area contributed by atoms with Gasteiger partial charge in [0.1, 0.15) is 6.42 Å². The molecular weight excluding hydrogens is 251 g/mol.